The zero-order chi connectivity index (χ0) is 22.5. The van der Waals surface area contributed by atoms with Crippen LogP contribution >= 0.6 is 11.3 Å². The molecular weight excluding hydrogens is 428 g/mol. The Kier molecular flexibility index (Phi) is 7.24. The number of hydrogen-bond donors (Lipinski definition) is 2. The number of hydrogen-bond acceptors (Lipinski definition) is 7. The van der Waals surface area contributed by atoms with Crippen molar-refractivity contribution >= 4 is 28.3 Å². The fraction of sp³-hybridized carbons (Fsp3) is 0.565. The Morgan fingerprint density at radius 2 is 1.97 bits per heavy atom. The van der Waals surface area contributed by atoms with Gasteiger partial charge in [0.1, 0.15) is 11.0 Å². The average Bonchev–Trinajstić information content (AvgIpc) is 3.56. The van der Waals surface area contributed by atoms with Crippen molar-refractivity contribution in [2.45, 2.75) is 64.8 Å². The van der Waals surface area contributed by atoms with Gasteiger partial charge in [0.05, 0.1) is 0 Å². The van der Waals surface area contributed by atoms with Crippen LogP contribution in [0.2, 0.25) is 0 Å². The smallest absolute Gasteiger partial charge is 0.249 e. The number of nitrogens with zero attached hydrogens (tertiary/aromatic N) is 2. The molecule has 2 amide bonds. The quantitative estimate of drug-likeness (QED) is 0.578. The normalized spacial score (nSPS) is 17.2. The van der Waals surface area contributed by atoms with E-state index >= 15 is 0 Å². The van der Waals surface area contributed by atoms with E-state index in [1.165, 1.54) is 37.0 Å². The van der Waals surface area contributed by atoms with E-state index in [2.05, 4.69) is 20.8 Å². The Hall–Kier alpha value is -2.68. The lowest BCUT2D eigenvalue weighted by molar-refractivity contribution is -0.127. The highest BCUT2D eigenvalue weighted by Crippen LogP contribution is 2.37. The lowest BCUT2D eigenvalue weighted by atomic mass is 9.97. The Morgan fingerprint density at radius 3 is 2.75 bits per heavy atom. The number of ether oxygens (including phenoxy) is 2. The third kappa shape index (κ3) is 5.38. The molecule has 2 N–H and O–H groups in total. The molecule has 4 rings (SSSR count). The summed E-state index contributed by atoms with van der Waals surface area (Å²) in [5.74, 6) is 1.70. The maximum absolute atomic E-state index is 13.0. The van der Waals surface area contributed by atoms with Crippen molar-refractivity contribution in [1.82, 2.24) is 15.5 Å². The molecule has 0 bridgehead atoms. The number of aromatic nitrogens is 2. The highest BCUT2D eigenvalue weighted by Gasteiger charge is 2.27. The van der Waals surface area contributed by atoms with E-state index in [9.17, 15) is 9.59 Å². The first-order valence-corrected chi connectivity index (χ1v) is 12.2. The maximum atomic E-state index is 13.0. The monoisotopic (exact) mass is 458 g/mol. The van der Waals surface area contributed by atoms with Crippen LogP contribution in [0.1, 0.15) is 58.8 Å². The molecule has 2 aromatic rings. The molecule has 1 aliphatic heterocycles. The number of carbonyl (C=O) groups is 2. The number of nitrogens with one attached hydrogen (secondary N) is 2. The van der Waals surface area contributed by atoms with Gasteiger partial charge in [-0.2, -0.15) is 0 Å². The van der Waals surface area contributed by atoms with Gasteiger partial charge in [0.15, 0.2) is 11.5 Å². The summed E-state index contributed by atoms with van der Waals surface area (Å²) in [6.07, 6.45) is 7.10. The molecule has 0 saturated heterocycles. The zero-order valence-electron chi connectivity index (χ0n) is 18.6. The SMILES string of the molecule is CCC(C)C(NC(=O)CCC1CCCC1)C(=O)Nc1nnc(-c2ccc3c(c2)OCO3)s1. The molecule has 172 valence electrons. The van der Waals surface area contributed by atoms with Crippen molar-refractivity contribution in [2.75, 3.05) is 12.1 Å². The standard InChI is InChI=1S/C23H30N4O4S/c1-3-14(2)20(24-19(28)11-8-15-6-4-5-7-15)21(29)25-23-27-26-22(32-23)16-9-10-17-18(12-16)31-13-30-17/h9-10,12,14-15,20H,3-8,11,13H2,1-2H3,(H,24,28)(H,25,27,29). The highest BCUT2D eigenvalue weighted by atomic mass is 32.1. The van der Waals surface area contributed by atoms with Crippen LogP contribution in [0, 0.1) is 11.8 Å². The molecule has 2 heterocycles. The van der Waals surface area contributed by atoms with Crippen LogP contribution in [0.3, 0.4) is 0 Å². The molecule has 2 unspecified atom stereocenters. The Bertz CT molecular complexity index is 957. The van der Waals surface area contributed by atoms with Gasteiger partial charge >= 0.3 is 0 Å². The summed E-state index contributed by atoms with van der Waals surface area (Å²) >= 11 is 1.28. The molecule has 8 nitrogen and oxygen atoms in total. The first-order valence-electron chi connectivity index (χ1n) is 11.4. The second kappa shape index (κ2) is 10.3. The molecule has 0 spiro atoms. The van der Waals surface area contributed by atoms with Crippen molar-refractivity contribution < 1.29 is 19.1 Å². The summed E-state index contributed by atoms with van der Waals surface area (Å²) in [6, 6.07) is 4.96. The van der Waals surface area contributed by atoms with E-state index in [1.54, 1.807) is 0 Å². The number of fused-ring (bicyclic) bond motifs is 1. The number of rotatable bonds is 9. The Labute approximate surface area is 192 Å². The summed E-state index contributed by atoms with van der Waals surface area (Å²) in [7, 11) is 0. The molecule has 9 heteroatoms. The fourth-order valence-corrected chi connectivity index (χ4v) is 4.93. The van der Waals surface area contributed by atoms with Gasteiger partial charge in [0, 0.05) is 12.0 Å². The van der Waals surface area contributed by atoms with Crippen LogP contribution < -0.4 is 20.1 Å². The third-order valence-electron chi connectivity index (χ3n) is 6.34. The number of amides is 2. The summed E-state index contributed by atoms with van der Waals surface area (Å²) in [4.78, 5) is 25.5. The minimum Gasteiger partial charge on any atom is -0.454 e. The van der Waals surface area contributed by atoms with E-state index in [-0.39, 0.29) is 24.5 Å². The van der Waals surface area contributed by atoms with Crippen molar-refractivity contribution in [3.63, 3.8) is 0 Å². The first kappa shape index (κ1) is 22.5. The van der Waals surface area contributed by atoms with E-state index in [1.807, 2.05) is 32.0 Å². The fourth-order valence-electron chi connectivity index (χ4n) is 4.18. The summed E-state index contributed by atoms with van der Waals surface area (Å²) in [6.45, 7) is 4.19. The number of anilines is 1. The highest BCUT2D eigenvalue weighted by molar-refractivity contribution is 7.18. The second-order valence-corrected chi connectivity index (χ2v) is 9.57. The molecule has 1 aromatic heterocycles. The van der Waals surface area contributed by atoms with Gasteiger partial charge in [0.2, 0.25) is 23.7 Å². The molecule has 2 atom stereocenters. The average molecular weight is 459 g/mol. The van der Waals surface area contributed by atoms with Gasteiger partial charge in [0.25, 0.3) is 0 Å². The topological polar surface area (TPSA) is 102 Å². The third-order valence-corrected chi connectivity index (χ3v) is 7.23. The van der Waals surface area contributed by atoms with Crippen LogP contribution in [0.4, 0.5) is 5.13 Å². The molecule has 0 radical (unpaired) electrons. The molecule has 1 fully saturated rings. The first-order chi connectivity index (χ1) is 15.5. The maximum Gasteiger partial charge on any atom is 0.249 e. The van der Waals surface area contributed by atoms with Crippen LogP contribution in [0.5, 0.6) is 11.5 Å². The van der Waals surface area contributed by atoms with Gasteiger partial charge in [-0.1, -0.05) is 57.3 Å². The molecule has 32 heavy (non-hydrogen) atoms. The lowest BCUT2D eigenvalue weighted by Gasteiger charge is -2.23. The zero-order valence-corrected chi connectivity index (χ0v) is 19.4. The predicted molar refractivity (Wildman–Crippen MR) is 123 cm³/mol. The molecular formula is C23H30N4O4S. The minimum atomic E-state index is -0.603. The van der Waals surface area contributed by atoms with Gasteiger partial charge in [-0.25, -0.2) is 0 Å². The Morgan fingerprint density at radius 1 is 1.19 bits per heavy atom. The van der Waals surface area contributed by atoms with Gasteiger partial charge < -0.3 is 14.8 Å². The molecule has 1 saturated carbocycles. The molecule has 1 aromatic carbocycles. The number of benzene rings is 1. The van der Waals surface area contributed by atoms with Gasteiger partial charge in [-0.3, -0.25) is 14.9 Å². The molecule has 1 aliphatic carbocycles. The van der Waals surface area contributed by atoms with Crippen LogP contribution in [0.15, 0.2) is 18.2 Å². The summed E-state index contributed by atoms with van der Waals surface area (Å²) < 4.78 is 10.8. The van der Waals surface area contributed by atoms with Crippen molar-refractivity contribution in [3.05, 3.63) is 18.2 Å². The van der Waals surface area contributed by atoms with Crippen molar-refractivity contribution in [3.8, 4) is 22.1 Å². The Balaban J connectivity index is 1.37. The summed E-state index contributed by atoms with van der Waals surface area (Å²) in [5.41, 5.74) is 0.839. The van der Waals surface area contributed by atoms with Crippen molar-refractivity contribution in [1.29, 1.82) is 0 Å². The van der Waals surface area contributed by atoms with Crippen LogP contribution in [-0.4, -0.2) is 34.8 Å². The number of carbonyl (C=O) groups excluding carboxylic acids is 2. The van der Waals surface area contributed by atoms with E-state index < -0.39 is 6.04 Å². The predicted octanol–water partition coefficient (Wildman–Crippen LogP) is 4.37. The second-order valence-electron chi connectivity index (χ2n) is 8.59. The van der Waals surface area contributed by atoms with Crippen LogP contribution in [0.25, 0.3) is 10.6 Å². The van der Waals surface area contributed by atoms with Gasteiger partial charge in [-0.15, -0.1) is 10.2 Å². The van der Waals surface area contributed by atoms with Gasteiger partial charge in [-0.05, 0) is 36.5 Å². The van der Waals surface area contributed by atoms with E-state index in [4.69, 9.17) is 9.47 Å². The minimum absolute atomic E-state index is 0.00619. The summed E-state index contributed by atoms with van der Waals surface area (Å²) in [5, 5.41) is 15.2. The largest absolute Gasteiger partial charge is 0.454 e. The van der Waals surface area contributed by atoms with E-state index in [0.29, 0.717) is 34.0 Å². The van der Waals surface area contributed by atoms with Crippen LogP contribution in [-0.2, 0) is 9.59 Å². The van der Waals surface area contributed by atoms with Crippen molar-refractivity contribution in [2.24, 2.45) is 11.8 Å². The lowest BCUT2D eigenvalue weighted by Crippen LogP contribution is -2.47. The molecule has 2 aliphatic rings. The van der Waals surface area contributed by atoms with E-state index in [0.717, 1.165) is 18.4 Å².